The Bertz CT molecular complexity index is 1320. The summed E-state index contributed by atoms with van der Waals surface area (Å²) in [7, 11) is 1.43. The monoisotopic (exact) mass is 416 g/mol. The number of nitrogens with one attached hydrogen (secondary N) is 1. The van der Waals surface area contributed by atoms with Gasteiger partial charge in [-0.15, -0.1) is 0 Å². The zero-order valence-corrected chi connectivity index (χ0v) is 15.6. The number of alkyl halides is 3. The van der Waals surface area contributed by atoms with Gasteiger partial charge < -0.3 is 19.0 Å². The Labute approximate surface area is 167 Å². The summed E-state index contributed by atoms with van der Waals surface area (Å²) >= 11 is 0. The predicted molar refractivity (Wildman–Crippen MR) is 105 cm³/mol. The van der Waals surface area contributed by atoms with Gasteiger partial charge in [0.05, 0.1) is 18.4 Å². The number of fused-ring (bicyclic) bond motifs is 3. The van der Waals surface area contributed by atoms with Crippen LogP contribution in [-0.4, -0.2) is 17.6 Å². The lowest BCUT2D eigenvalue weighted by molar-refractivity contribution is -0.138. The maximum absolute atomic E-state index is 12.9. The molecule has 0 aliphatic carbocycles. The third-order valence-corrected chi connectivity index (χ3v) is 4.60. The quantitative estimate of drug-likeness (QED) is 0.535. The van der Waals surface area contributed by atoms with Gasteiger partial charge in [0.2, 0.25) is 5.91 Å². The van der Waals surface area contributed by atoms with Crippen molar-refractivity contribution in [3.05, 3.63) is 70.6 Å². The molecule has 2 aromatic carbocycles. The topological polar surface area (TPSA) is 73.5 Å². The number of carbonyl (C=O) groups is 1. The molecular formula is C21H15F3N2O4. The number of furan rings is 1. The van der Waals surface area contributed by atoms with Crippen LogP contribution in [0.1, 0.15) is 5.56 Å². The number of aromatic nitrogens is 1. The highest BCUT2D eigenvalue weighted by atomic mass is 19.4. The van der Waals surface area contributed by atoms with Crippen molar-refractivity contribution in [2.75, 3.05) is 12.4 Å². The first kappa shape index (κ1) is 19.6. The minimum absolute atomic E-state index is 0.272. The molecule has 4 aromatic rings. The molecule has 0 bridgehead atoms. The lowest BCUT2D eigenvalue weighted by atomic mass is 10.1. The molecule has 0 fully saturated rings. The molecule has 0 radical (unpaired) electrons. The van der Waals surface area contributed by atoms with E-state index in [1.54, 1.807) is 18.2 Å². The second-order valence-electron chi connectivity index (χ2n) is 6.58. The zero-order chi connectivity index (χ0) is 21.5. The van der Waals surface area contributed by atoms with Crippen LogP contribution in [-0.2, 0) is 17.5 Å². The molecule has 1 N–H and O–H groups in total. The number of hydrogen-bond donors (Lipinski definition) is 1. The van der Waals surface area contributed by atoms with Gasteiger partial charge in [-0.2, -0.15) is 13.2 Å². The number of halogens is 3. The molecule has 0 atom stereocenters. The molecule has 4 rings (SSSR count). The van der Waals surface area contributed by atoms with Gasteiger partial charge in [0.1, 0.15) is 23.5 Å². The highest BCUT2D eigenvalue weighted by Crippen LogP contribution is 2.36. The number of hydrogen-bond acceptors (Lipinski definition) is 4. The van der Waals surface area contributed by atoms with Crippen molar-refractivity contribution in [1.82, 2.24) is 4.57 Å². The van der Waals surface area contributed by atoms with Gasteiger partial charge in [0.15, 0.2) is 0 Å². The minimum atomic E-state index is -4.62. The Balaban J connectivity index is 1.65. The molecule has 0 spiro atoms. The van der Waals surface area contributed by atoms with Crippen molar-refractivity contribution in [3.63, 3.8) is 0 Å². The van der Waals surface area contributed by atoms with Crippen molar-refractivity contribution in [3.8, 4) is 5.75 Å². The normalized spacial score (nSPS) is 11.7. The van der Waals surface area contributed by atoms with Gasteiger partial charge in [-0.3, -0.25) is 9.59 Å². The Morgan fingerprint density at radius 1 is 1.10 bits per heavy atom. The van der Waals surface area contributed by atoms with Gasteiger partial charge in [0, 0.05) is 29.1 Å². The molecule has 154 valence electrons. The van der Waals surface area contributed by atoms with Crippen LogP contribution in [0, 0.1) is 0 Å². The fourth-order valence-corrected chi connectivity index (χ4v) is 3.19. The summed E-state index contributed by atoms with van der Waals surface area (Å²) in [4.78, 5) is 24.3. The smallest absolute Gasteiger partial charge is 0.417 e. The van der Waals surface area contributed by atoms with Crippen molar-refractivity contribution >= 4 is 33.5 Å². The van der Waals surface area contributed by atoms with Crippen LogP contribution in [0.25, 0.3) is 21.9 Å². The molecule has 0 saturated carbocycles. The van der Waals surface area contributed by atoms with E-state index in [1.165, 1.54) is 7.11 Å². The largest absolute Gasteiger partial charge is 0.495 e. The number of ether oxygens (including phenoxy) is 1. The van der Waals surface area contributed by atoms with Crippen molar-refractivity contribution in [2.45, 2.75) is 12.7 Å². The number of carbonyl (C=O) groups excluding carboxylic acids is 1. The van der Waals surface area contributed by atoms with E-state index in [0.717, 1.165) is 16.8 Å². The fourth-order valence-electron chi connectivity index (χ4n) is 3.19. The first-order valence-corrected chi connectivity index (χ1v) is 8.83. The lowest BCUT2D eigenvalue weighted by Gasteiger charge is -2.13. The van der Waals surface area contributed by atoms with Crippen molar-refractivity contribution < 1.29 is 27.1 Å². The highest BCUT2D eigenvalue weighted by Gasteiger charge is 2.31. The summed E-state index contributed by atoms with van der Waals surface area (Å²) < 4.78 is 50.4. The van der Waals surface area contributed by atoms with E-state index in [2.05, 4.69) is 5.32 Å². The van der Waals surface area contributed by atoms with Gasteiger partial charge in [-0.05, 0) is 18.2 Å². The highest BCUT2D eigenvalue weighted by molar-refractivity contribution is 6.07. The maximum atomic E-state index is 12.9. The molecule has 9 heteroatoms. The molecule has 6 nitrogen and oxygen atoms in total. The van der Waals surface area contributed by atoms with Crippen LogP contribution < -0.4 is 15.6 Å². The summed E-state index contributed by atoms with van der Waals surface area (Å²) in [5.41, 5.74) is -0.305. The average molecular weight is 416 g/mol. The first-order chi connectivity index (χ1) is 14.3. The SMILES string of the molecule is COc1cc2c(cc1NC(=O)Cn1cc(C(F)(F)F)ccc1=O)oc1ccccc12. The second kappa shape index (κ2) is 7.25. The summed E-state index contributed by atoms with van der Waals surface area (Å²) in [5, 5.41) is 4.23. The number of nitrogens with zero attached hydrogens (tertiary/aromatic N) is 1. The zero-order valence-electron chi connectivity index (χ0n) is 15.6. The number of para-hydroxylation sites is 1. The molecule has 2 aromatic heterocycles. The molecule has 0 saturated heterocycles. The van der Waals surface area contributed by atoms with Crippen LogP contribution in [0.3, 0.4) is 0 Å². The van der Waals surface area contributed by atoms with Crippen LogP contribution >= 0.6 is 0 Å². The fraction of sp³-hybridized carbons (Fsp3) is 0.143. The molecule has 2 heterocycles. The standard InChI is InChI=1S/C21H15F3N2O4/c1-29-18-8-14-13-4-2-3-5-16(13)30-17(14)9-15(18)25-19(27)11-26-10-12(21(22,23)24)6-7-20(26)28/h2-10H,11H2,1H3,(H,25,27). The molecule has 1 amide bonds. The molecule has 0 aliphatic heterocycles. The molecule has 30 heavy (non-hydrogen) atoms. The van der Waals surface area contributed by atoms with E-state index in [9.17, 15) is 22.8 Å². The van der Waals surface area contributed by atoms with E-state index in [1.807, 2.05) is 18.2 Å². The number of rotatable bonds is 4. The minimum Gasteiger partial charge on any atom is -0.495 e. The van der Waals surface area contributed by atoms with Crippen LogP contribution in [0.15, 0.2) is 63.9 Å². The summed E-state index contributed by atoms with van der Waals surface area (Å²) in [6.45, 7) is -0.593. The Morgan fingerprint density at radius 3 is 2.60 bits per heavy atom. The first-order valence-electron chi connectivity index (χ1n) is 8.83. The number of methoxy groups -OCH3 is 1. The Hall–Kier alpha value is -3.75. The van der Waals surface area contributed by atoms with E-state index in [-0.39, 0.29) is 5.69 Å². The van der Waals surface area contributed by atoms with Crippen molar-refractivity contribution in [1.29, 1.82) is 0 Å². The predicted octanol–water partition coefficient (Wildman–Crippen LogP) is 4.41. The molecule has 0 aliphatic rings. The molecule has 0 unspecified atom stereocenters. The number of anilines is 1. The number of benzene rings is 2. The lowest BCUT2D eigenvalue weighted by Crippen LogP contribution is -2.28. The summed E-state index contributed by atoms with van der Waals surface area (Å²) in [6.07, 6.45) is -4.01. The Morgan fingerprint density at radius 2 is 1.87 bits per heavy atom. The molecular weight excluding hydrogens is 401 g/mol. The number of pyridine rings is 1. The summed E-state index contributed by atoms with van der Waals surface area (Å²) in [6, 6.07) is 12.1. The number of amides is 1. The van der Waals surface area contributed by atoms with E-state index < -0.39 is 29.8 Å². The van der Waals surface area contributed by atoms with Crippen LogP contribution in [0.5, 0.6) is 5.75 Å². The van der Waals surface area contributed by atoms with E-state index in [4.69, 9.17) is 9.15 Å². The van der Waals surface area contributed by atoms with Gasteiger partial charge >= 0.3 is 6.18 Å². The maximum Gasteiger partial charge on any atom is 0.417 e. The van der Waals surface area contributed by atoms with Gasteiger partial charge in [-0.25, -0.2) is 0 Å². The Kier molecular flexibility index (Phi) is 4.73. The van der Waals surface area contributed by atoms with E-state index in [0.29, 0.717) is 33.7 Å². The van der Waals surface area contributed by atoms with Crippen LogP contribution in [0.4, 0.5) is 18.9 Å². The van der Waals surface area contributed by atoms with Crippen LogP contribution in [0.2, 0.25) is 0 Å². The van der Waals surface area contributed by atoms with E-state index >= 15 is 0 Å². The van der Waals surface area contributed by atoms with Gasteiger partial charge in [-0.1, -0.05) is 18.2 Å². The third-order valence-electron chi connectivity index (χ3n) is 4.60. The van der Waals surface area contributed by atoms with Gasteiger partial charge in [0.25, 0.3) is 5.56 Å². The van der Waals surface area contributed by atoms with Crippen molar-refractivity contribution in [2.24, 2.45) is 0 Å². The summed E-state index contributed by atoms with van der Waals surface area (Å²) in [5.74, 6) is -0.344. The second-order valence-corrected chi connectivity index (χ2v) is 6.58. The third kappa shape index (κ3) is 3.61. The average Bonchev–Trinajstić information content (AvgIpc) is 3.05.